The van der Waals surface area contributed by atoms with Crippen LogP contribution >= 0.6 is 0 Å². The van der Waals surface area contributed by atoms with Gasteiger partial charge in [-0.2, -0.15) is 0 Å². The predicted octanol–water partition coefficient (Wildman–Crippen LogP) is 3.03. The second-order valence-corrected chi connectivity index (χ2v) is 6.27. The number of carbonyl (C=O) groups is 2. The molecule has 0 bridgehead atoms. The van der Waals surface area contributed by atoms with E-state index in [1.807, 2.05) is 30.3 Å². The summed E-state index contributed by atoms with van der Waals surface area (Å²) < 4.78 is 10.4. The molecule has 0 saturated carbocycles. The Hall–Kier alpha value is -2.04. The summed E-state index contributed by atoms with van der Waals surface area (Å²) in [5.74, 6) is -0.378. The van der Waals surface area contributed by atoms with Gasteiger partial charge in [-0.3, -0.25) is 4.79 Å². The van der Waals surface area contributed by atoms with E-state index < -0.39 is 17.1 Å². The standard InChI is InChI=1S/C17H25NO4/c1-6-21-14(19)17(5,13-10-8-7-9-11-13)12-18-15(20)22-16(2,3)4/h7-11H,6,12H2,1-5H3,(H,18,20). The van der Waals surface area contributed by atoms with Crippen molar-refractivity contribution in [2.45, 2.75) is 45.6 Å². The molecular formula is C17H25NO4. The van der Waals surface area contributed by atoms with Gasteiger partial charge in [0, 0.05) is 6.54 Å². The fraction of sp³-hybridized carbons (Fsp3) is 0.529. The van der Waals surface area contributed by atoms with Crippen LogP contribution in [0, 0.1) is 0 Å². The zero-order valence-corrected chi connectivity index (χ0v) is 13.9. The average Bonchev–Trinajstić information content (AvgIpc) is 2.44. The number of rotatable bonds is 5. The summed E-state index contributed by atoms with van der Waals surface area (Å²) in [5, 5.41) is 2.66. The van der Waals surface area contributed by atoms with Gasteiger partial charge in [0.15, 0.2) is 0 Å². The van der Waals surface area contributed by atoms with Crippen molar-refractivity contribution in [2.75, 3.05) is 13.2 Å². The summed E-state index contributed by atoms with van der Waals surface area (Å²) in [4.78, 5) is 24.2. The molecule has 0 fully saturated rings. The van der Waals surface area contributed by atoms with Crippen LogP contribution in [0.25, 0.3) is 0 Å². The van der Waals surface area contributed by atoms with E-state index in [1.54, 1.807) is 34.6 Å². The van der Waals surface area contributed by atoms with Crippen molar-refractivity contribution in [1.82, 2.24) is 5.32 Å². The second-order valence-electron chi connectivity index (χ2n) is 6.27. The molecule has 1 atom stereocenters. The smallest absolute Gasteiger partial charge is 0.407 e. The number of carbonyl (C=O) groups excluding carboxylic acids is 2. The monoisotopic (exact) mass is 307 g/mol. The van der Waals surface area contributed by atoms with Crippen LogP contribution in [-0.4, -0.2) is 30.8 Å². The Labute approximate surface area is 132 Å². The maximum Gasteiger partial charge on any atom is 0.407 e. The summed E-state index contributed by atoms with van der Waals surface area (Å²) in [6.45, 7) is 9.25. The number of amides is 1. The van der Waals surface area contributed by atoms with Crippen molar-refractivity contribution in [3.63, 3.8) is 0 Å². The molecule has 0 aromatic heterocycles. The molecule has 0 aliphatic rings. The summed E-state index contributed by atoms with van der Waals surface area (Å²) in [6.07, 6.45) is -0.557. The fourth-order valence-electron chi connectivity index (χ4n) is 1.95. The lowest BCUT2D eigenvalue weighted by Gasteiger charge is -2.28. The maximum atomic E-state index is 12.3. The highest BCUT2D eigenvalue weighted by molar-refractivity contribution is 5.84. The van der Waals surface area contributed by atoms with Crippen molar-refractivity contribution in [3.05, 3.63) is 35.9 Å². The lowest BCUT2D eigenvalue weighted by molar-refractivity contribution is -0.149. The number of hydrogen-bond acceptors (Lipinski definition) is 4. The Bertz CT molecular complexity index is 507. The molecule has 1 aromatic carbocycles. The first-order valence-corrected chi connectivity index (χ1v) is 7.38. The first kappa shape index (κ1) is 18.0. The van der Waals surface area contributed by atoms with Crippen LogP contribution in [0.2, 0.25) is 0 Å². The van der Waals surface area contributed by atoms with Crippen molar-refractivity contribution < 1.29 is 19.1 Å². The van der Waals surface area contributed by atoms with E-state index >= 15 is 0 Å². The number of esters is 1. The molecule has 0 saturated heterocycles. The van der Waals surface area contributed by atoms with Gasteiger partial charge in [0.1, 0.15) is 11.0 Å². The Balaban J connectivity index is 2.89. The van der Waals surface area contributed by atoms with Gasteiger partial charge < -0.3 is 14.8 Å². The third-order valence-corrected chi connectivity index (χ3v) is 3.12. The van der Waals surface area contributed by atoms with Crippen LogP contribution in [0.15, 0.2) is 30.3 Å². The Morgan fingerprint density at radius 3 is 2.18 bits per heavy atom. The third kappa shape index (κ3) is 5.06. The molecule has 1 amide bonds. The van der Waals surface area contributed by atoms with Crippen LogP contribution < -0.4 is 5.32 Å². The largest absolute Gasteiger partial charge is 0.465 e. The molecule has 0 aliphatic carbocycles. The SMILES string of the molecule is CCOC(=O)C(C)(CNC(=O)OC(C)(C)C)c1ccccc1. The summed E-state index contributed by atoms with van der Waals surface area (Å²) in [6, 6.07) is 9.25. The minimum atomic E-state index is -0.964. The normalized spacial score (nSPS) is 13.9. The van der Waals surface area contributed by atoms with Crippen molar-refractivity contribution in [1.29, 1.82) is 0 Å². The zero-order valence-electron chi connectivity index (χ0n) is 13.9. The number of hydrogen-bond donors (Lipinski definition) is 1. The molecule has 1 unspecified atom stereocenters. The number of benzene rings is 1. The topological polar surface area (TPSA) is 64.6 Å². The van der Waals surface area contributed by atoms with Gasteiger partial charge >= 0.3 is 12.1 Å². The molecule has 1 aromatic rings. The molecule has 5 nitrogen and oxygen atoms in total. The van der Waals surface area contributed by atoms with Gasteiger partial charge in [0.25, 0.3) is 0 Å². The maximum absolute atomic E-state index is 12.3. The number of nitrogens with one attached hydrogen (secondary N) is 1. The summed E-state index contributed by atoms with van der Waals surface area (Å²) >= 11 is 0. The van der Waals surface area contributed by atoms with E-state index in [9.17, 15) is 9.59 Å². The molecule has 0 spiro atoms. The number of alkyl carbamates (subject to hydrolysis) is 1. The molecular weight excluding hydrogens is 282 g/mol. The summed E-state index contributed by atoms with van der Waals surface area (Å²) in [7, 11) is 0. The van der Waals surface area contributed by atoms with E-state index in [-0.39, 0.29) is 19.1 Å². The van der Waals surface area contributed by atoms with Crippen LogP contribution in [0.5, 0.6) is 0 Å². The lowest BCUT2D eigenvalue weighted by atomic mass is 9.82. The molecule has 0 aliphatic heterocycles. The van der Waals surface area contributed by atoms with Crippen molar-refractivity contribution in [3.8, 4) is 0 Å². The first-order chi connectivity index (χ1) is 10.2. The van der Waals surface area contributed by atoms with Gasteiger partial charge in [0.05, 0.1) is 6.61 Å². The highest BCUT2D eigenvalue weighted by Crippen LogP contribution is 2.25. The van der Waals surface area contributed by atoms with Gasteiger partial charge in [-0.05, 0) is 40.2 Å². The fourth-order valence-corrected chi connectivity index (χ4v) is 1.95. The molecule has 122 valence electrons. The predicted molar refractivity (Wildman–Crippen MR) is 84.7 cm³/mol. The molecule has 0 heterocycles. The Morgan fingerprint density at radius 1 is 1.09 bits per heavy atom. The van der Waals surface area contributed by atoms with Crippen LogP contribution in [0.3, 0.4) is 0 Å². The zero-order chi connectivity index (χ0) is 16.8. The minimum Gasteiger partial charge on any atom is -0.465 e. The average molecular weight is 307 g/mol. The van der Waals surface area contributed by atoms with Gasteiger partial charge in [-0.15, -0.1) is 0 Å². The lowest BCUT2D eigenvalue weighted by Crippen LogP contribution is -2.46. The molecule has 1 rings (SSSR count). The molecule has 22 heavy (non-hydrogen) atoms. The minimum absolute atomic E-state index is 0.102. The second kappa shape index (κ2) is 7.29. The van der Waals surface area contributed by atoms with Gasteiger partial charge in [-0.1, -0.05) is 30.3 Å². The van der Waals surface area contributed by atoms with E-state index in [1.165, 1.54) is 0 Å². The third-order valence-electron chi connectivity index (χ3n) is 3.12. The highest BCUT2D eigenvalue weighted by atomic mass is 16.6. The van der Waals surface area contributed by atoms with Gasteiger partial charge in [-0.25, -0.2) is 4.79 Å². The van der Waals surface area contributed by atoms with Crippen LogP contribution in [0.1, 0.15) is 40.2 Å². The Kier molecular flexibility index (Phi) is 5.97. The number of ether oxygens (including phenoxy) is 2. The van der Waals surface area contributed by atoms with E-state index in [2.05, 4.69) is 5.32 Å². The highest BCUT2D eigenvalue weighted by Gasteiger charge is 2.37. The van der Waals surface area contributed by atoms with Crippen molar-refractivity contribution in [2.24, 2.45) is 0 Å². The molecule has 5 heteroatoms. The Morgan fingerprint density at radius 2 is 1.68 bits per heavy atom. The van der Waals surface area contributed by atoms with Crippen LogP contribution in [-0.2, 0) is 19.7 Å². The van der Waals surface area contributed by atoms with Crippen LogP contribution in [0.4, 0.5) is 4.79 Å². The van der Waals surface area contributed by atoms with Crippen molar-refractivity contribution >= 4 is 12.1 Å². The molecule has 1 N–H and O–H groups in total. The van der Waals surface area contributed by atoms with E-state index in [4.69, 9.17) is 9.47 Å². The van der Waals surface area contributed by atoms with Gasteiger partial charge in [0.2, 0.25) is 0 Å². The quantitative estimate of drug-likeness (QED) is 0.849. The molecule has 0 radical (unpaired) electrons. The summed E-state index contributed by atoms with van der Waals surface area (Å²) in [5.41, 5.74) is -0.768. The van der Waals surface area contributed by atoms with E-state index in [0.29, 0.717) is 0 Å². The first-order valence-electron chi connectivity index (χ1n) is 7.38. The van der Waals surface area contributed by atoms with E-state index in [0.717, 1.165) is 5.56 Å².